The molecule has 0 bridgehead atoms. The zero-order valence-corrected chi connectivity index (χ0v) is 12.9. The van der Waals surface area contributed by atoms with E-state index in [1.54, 1.807) is 0 Å². The smallest absolute Gasteiger partial charge is 0.388 e. The van der Waals surface area contributed by atoms with Gasteiger partial charge in [-0.25, -0.2) is 4.79 Å². The first kappa shape index (κ1) is 19.5. The third-order valence-electron chi connectivity index (χ3n) is 2.01. The Morgan fingerprint density at radius 3 is 1.45 bits per heavy atom. The minimum absolute atomic E-state index is 0.0311. The van der Waals surface area contributed by atoms with E-state index in [-0.39, 0.29) is 5.57 Å². The molecule has 0 fully saturated rings. The van der Waals surface area contributed by atoms with Gasteiger partial charge in [-0.05, 0) is 20.8 Å². The average molecular weight is 314 g/mol. The van der Waals surface area contributed by atoms with Gasteiger partial charge in [0.1, 0.15) is 24.4 Å². The summed E-state index contributed by atoms with van der Waals surface area (Å²) in [5, 5.41) is 0. The summed E-state index contributed by atoms with van der Waals surface area (Å²) >= 11 is 0. The third kappa shape index (κ3) is 7.93. The molecule has 0 heterocycles. The predicted octanol–water partition coefficient (Wildman–Crippen LogP) is 0.824. The molecule has 0 radical (unpaired) electrons. The van der Waals surface area contributed by atoms with Crippen molar-refractivity contribution < 1.29 is 38.2 Å². The van der Waals surface area contributed by atoms with E-state index in [0.29, 0.717) is 0 Å². The molecule has 0 rings (SSSR count). The second kappa shape index (κ2) is 8.06. The van der Waals surface area contributed by atoms with Crippen molar-refractivity contribution in [3.63, 3.8) is 0 Å². The van der Waals surface area contributed by atoms with E-state index in [1.165, 1.54) is 6.92 Å². The van der Waals surface area contributed by atoms with Gasteiger partial charge in [0.15, 0.2) is 0 Å². The fourth-order valence-electron chi connectivity index (χ4n) is 1.21. The molecule has 0 saturated heterocycles. The highest BCUT2D eigenvalue weighted by molar-refractivity contribution is 5.95. The standard InChI is InChI=1S/C14H18O8/c1-8(2)13(19)22-14(5,20-11(17)6-9(3)15)21-12(18)7-10(4)16/h1,6-7H2,2-5H3. The van der Waals surface area contributed by atoms with Crippen LogP contribution in [-0.2, 0) is 38.2 Å². The van der Waals surface area contributed by atoms with Crippen molar-refractivity contribution in [2.24, 2.45) is 0 Å². The first-order chi connectivity index (χ1) is 9.95. The topological polar surface area (TPSA) is 113 Å². The zero-order valence-electron chi connectivity index (χ0n) is 12.9. The number of hydrogen-bond acceptors (Lipinski definition) is 8. The molecule has 0 aromatic heterocycles. The van der Waals surface area contributed by atoms with Gasteiger partial charge < -0.3 is 14.2 Å². The largest absolute Gasteiger partial charge is 0.420 e. The second-order valence-corrected chi connectivity index (χ2v) is 4.74. The molecule has 0 N–H and O–H groups in total. The summed E-state index contributed by atoms with van der Waals surface area (Å²) in [5.41, 5.74) is -0.0311. The zero-order chi connectivity index (χ0) is 17.5. The van der Waals surface area contributed by atoms with Crippen LogP contribution in [0.3, 0.4) is 0 Å². The van der Waals surface area contributed by atoms with Crippen LogP contribution in [0.2, 0.25) is 0 Å². The van der Waals surface area contributed by atoms with E-state index in [2.05, 4.69) is 6.58 Å². The van der Waals surface area contributed by atoms with Gasteiger partial charge in [0.2, 0.25) is 0 Å². The monoisotopic (exact) mass is 314 g/mol. The lowest BCUT2D eigenvalue weighted by Gasteiger charge is -2.27. The number of hydrogen-bond donors (Lipinski definition) is 0. The number of ketones is 2. The summed E-state index contributed by atoms with van der Waals surface area (Å²) in [4.78, 5) is 56.3. The van der Waals surface area contributed by atoms with Gasteiger partial charge in [-0.1, -0.05) is 6.58 Å². The lowest BCUT2D eigenvalue weighted by atomic mass is 10.3. The van der Waals surface area contributed by atoms with Crippen molar-refractivity contribution in [2.45, 2.75) is 46.5 Å². The maximum atomic E-state index is 11.5. The van der Waals surface area contributed by atoms with Gasteiger partial charge in [-0.3, -0.25) is 19.2 Å². The Balaban J connectivity index is 5.10. The van der Waals surface area contributed by atoms with E-state index in [0.717, 1.165) is 20.8 Å². The molecule has 0 aromatic rings. The van der Waals surface area contributed by atoms with Gasteiger partial charge in [0, 0.05) is 5.57 Å². The fourth-order valence-corrected chi connectivity index (χ4v) is 1.21. The maximum Gasteiger partial charge on any atom is 0.420 e. The van der Waals surface area contributed by atoms with Gasteiger partial charge in [0.05, 0.1) is 6.92 Å². The average Bonchev–Trinajstić information content (AvgIpc) is 2.24. The lowest BCUT2D eigenvalue weighted by molar-refractivity contribution is -0.318. The quantitative estimate of drug-likeness (QED) is 0.280. The minimum Gasteiger partial charge on any atom is -0.388 e. The van der Waals surface area contributed by atoms with Gasteiger partial charge in [0.25, 0.3) is 0 Å². The summed E-state index contributed by atoms with van der Waals surface area (Å²) in [6, 6.07) is 0. The van der Waals surface area contributed by atoms with Crippen LogP contribution in [0.25, 0.3) is 0 Å². The van der Waals surface area contributed by atoms with Gasteiger partial charge >= 0.3 is 23.9 Å². The number of carbonyl (C=O) groups is 5. The summed E-state index contributed by atoms with van der Waals surface area (Å²) < 4.78 is 14.2. The van der Waals surface area contributed by atoms with Crippen LogP contribution in [0.4, 0.5) is 0 Å². The SMILES string of the molecule is C=C(C)C(=O)OC(C)(OC(=O)CC(C)=O)OC(=O)CC(C)=O. The van der Waals surface area contributed by atoms with Gasteiger partial charge in [-0.15, -0.1) is 0 Å². The van der Waals surface area contributed by atoms with Crippen molar-refractivity contribution in [3.05, 3.63) is 12.2 Å². The van der Waals surface area contributed by atoms with Crippen LogP contribution >= 0.6 is 0 Å². The van der Waals surface area contributed by atoms with Crippen LogP contribution in [-0.4, -0.2) is 35.4 Å². The Kier molecular flexibility index (Phi) is 7.14. The molecule has 0 aliphatic carbocycles. The number of ether oxygens (including phenoxy) is 3. The highest BCUT2D eigenvalue weighted by atomic mass is 16.9. The molecule has 0 saturated carbocycles. The van der Waals surface area contributed by atoms with Crippen molar-refractivity contribution in [1.82, 2.24) is 0 Å². The van der Waals surface area contributed by atoms with Crippen LogP contribution in [0.1, 0.15) is 40.5 Å². The van der Waals surface area contributed by atoms with Crippen molar-refractivity contribution in [3.8, 4) is 0 Å². The van der Waals surface area contributed by atoms with Crippen LogP contribution in [0.15, 0.2) is 12.2 Å². The predicted molar refractivity (Wildman–Crippen MR) is 72.1 cm³/mol. The number of carbonyl (C=O) groups excluding carboxylic acids is 5. The molecular weight excluding hydrogens is 296 g/mol. The summed E-state index contributed by atoms with van der Waals surface area (Å²) in [7, 11) is 0. The molecular formula is C14H18O8. The Bertz CT molecular complexity index is 487. The Hall–Kier alpha value is -2.51. The fraction of sp³-hybridized carbons (Fsp3) is 0.500. The van der Waals surface area contributed by atoms with Crippen LogP contribution < -0.4 is 0 Å². The normalized spacial score (nSPS) is 10.4. The molecule has 122 valence electrons. The molecule has 8 nitrogen and oxygen atoms in total. The van der Waals surface area contributed by atoms with Gasteiger partial charge in [-0.2, -0.15) is 0 Å². The molecule has 0 amide bonds. The number of esters is 3. The highest BCUT2D eigenvalue weighted by Gasteiger charge is 2.38. The van der Waals surface area contributed by atoms with E-state index < -0.39 is 48.3 Å². The summed E-state index contributed by atoms with van der Waals surface area (Å²) in [6.07, 6.45) is -1.19. The summed E-state index contributed by atoms with van der Waals surface area (Å²) in [5.74, 6) is -6.47. The first-order valence-electron chi connectivity index (χ1n) is 6.26. The molecule has 0 atom stereocenters. The Morgan fingerprint density at radius 2 is 1.18 bits per heavy atom. The van der Waals surface area contributed by atoms with Crippen LogP contribution in [0.5, 0.6) is 0 Å². The number of Topliss-reactive ketones (excluding diaryl/α,β-unsaturated/α-hetero) is 2. The second-order valence-electron chi connectivity index (χ2n) is 4.74. The van der Waals surface area contributed by atoms with Crippen LogP contribution in [0, 0.1) is 0 Å². The van der Waals surface area contributed by atoms with E-state index in [4.69, 9.17) is 14.2 Å². The number of rotatable bonds is 8. The molecule has 0 aromatic carbocycles. The Labute approximate surface area is 127 Å². The Morgan fingerprint density at radius 1 is 0.818 bits per heavy atom. The van der Waals surface area contributed by atoms with E-state index in [1.807, 2.05) is 0 Å². The molecule has 0 aliphatic heterocycles. The highest BCUT2D eigenvalue weighted by Crippen LogP contribution is 2.19. The molecule has 0 aliphatic rings. The van der Waals surface area contributed by atoms with Crippen molar-refractivity contribution >= 4 is 29.5 Å². The van der Waals surface area contributed by atoms with Crippen molar-refractivity contribution in [1.29, 1.82) is 0 Å². The third-order valence-corrected chi connectivity index (χ3v) is 2.01. The maximum absolute atomic E-state index is 11.5. The van der Waals surface area contributed by atoms with Crippen molar-refractivity contribution in [2.75, 3.05) is 0 Å². The molecule has 22 heavy (non-hydrogen) atoms. The lowest BCUT2D eigenvalue weighted by Crippen LogP contribution is -2.42. The summed E-state index contributed by atoms with van der Waals surface area (Å²) in [6.45, 7) is 7.96. The molecule has 8 heteroatoms. The molecule has 0 unspecified atom stereocenters. The van der Waals surface area contributed by atoms with E-state index >= 15 is 0 Å². The van der Waals surface area contributed by atoms with E-state index in [9.17, 15) is 24.0 Å². The first-order valence-corrected chi connectivity index (χ1v) is 6.26. The molecule has 0 spiro atoms. The minimum atomic E-state index is -2.39.